The Labute approximate surface area is 231 Å². The highest BCUT2D eigenvalue weighted by molar-refractivity contribution is 7.84. The predicted octanol–water partition coefficient (Wildman–Crippen LogP) is -2.45. The van der Waals surface area contributed by atoms with E-state index in [4.69, 9.17) is 10.6 Å². The Morgan fingerprint density at radius 1 is 1.35 bits per heavy atom. The molecule has 20 heteroatoms. The SMILES string of the molecule is CNCCCNCc1cnn(C[C@@H]2[C@H](NC(=O)C(=NOC3(C(=O)O)CC3)c3csc(N)n3)C(=O)N2S(=O)(=O)O)n1. The Kier molecular flexibility index (Phi) is 8.63. The number of amides is 2. The topological polar surface area (TPSA) is 256 Å². The van der Waals surface area contributed by atoms with E-state index in [0.29, 0.717) is 12.2 Å². The number of nitrogen functional groups attached to an aromatic ring is 1. The van der Waals surface area contributed by atoms with E-state index >= 15 is 0 Å². The number of carbonyl (C=O) groups excluding carboxylic acids is 2. The summed E-state index contributed by atoms with van der Waals surface area (Å²) >= 11 is 0.981. The van der Waals surface area contributed by atoms with E-state index in [0.717, 1.165) is 35.6 Å². The van der Waals surface area contributed by atoms with E-state index < -0.39 is 51.5 Å². The van der Waals surface area contributed by atoms with Gasteiger partial charge < -0.3 is 31.6 Å². The van der Waals surface area contributed by atoms with E-state index in [9.17, 15) is 32.5 Å². The van der Waals surface area contributed by atoms with Crippen LogP contribution in [0.5, 0.6) is 0 Å². The molecule has 0 unspecified atom stereocenters. The van der Waals surface area contributed by atoms with E-state index in [2.05, 4.69) is 36.3 Å². The Morgan fingerprint density at radius 2 is 2.10 bits per heavy atom. The average Bonchev–Trinajstić information content (AvgIpc) is 3.36. The molecular formula is C20H28N10O8S2. The molecule has 40 heavy (non-hydrogen) atoms. The number of anilines is 1. The lowest BCUT2D eigenvalue weighted by Gasteiger charge is -2.43. The molecule has 0 radical (unpaired) electrons. The van der Waals surface area contributed by atoms with Crippen LogP contribution in [0.2, 0.25) is 0 Å². The van der Waals surface area contributed by atoms with Crippen molar-refractivity contribution in [3.8, 4) is 0 Å². The monoisotopic (exact) mass is 600 g/mol. The molecule has 218 valence electrons. The highest BCUT2D eigenvalue weighted by atomic mass is 32.2. The molecule has 1 aliphatic carbocycles. The quantitative estimate of drug-likeness (QED) is 0.0408. The lowest BCUT2D eigenvalue weighted by molar-refractivity contribution is -0.153. The fourth-order valence-corrected chi connectivity index (χ4v) is 5.24. The molecule has 0 bridgehead atoms. The second kappa shape index (κ2) is 11.8. The summed E-state index contributed by atoms with van der Waals surface area (Å²) in [7, 11) is -3.12. The molecular weight excluding hydrogens is 572 g/mol. The zero-order valence-corrected chi connectivity index (χ0v) is 22.8. The van der Waals surface area contributed by atoms with Gasteiger partial charge in [-0.25, -0.2) is 14.1 Å². The fraction of sp³-hybridized carbons (Fsp3) is 0.550. The number of rotatable bonds is 15. The minimum atomic E-state index is -4.97. The van der Waals surface area contributed by atoms with Crippen LogP contribution in [0.25, 0.3) is 0 Å². The lowest BCUT2D eigenvalue weighted by atomic mass is 9.98. The van der Waals surface area contributed by atoms with Crippen LogP contribution in [0.15, 0.2) is 16.7 Å². The van der Waals surface area contributed by atoms with E-state index in [1.54, 1.807) is 0 Å². The molecule has 0 spiro atoms. The van der Waals surface area contributed by atoms with Crippen LogP contribution in [-0.2, 0) is 42.6 Å². The molecule has 1 saturated carbocycles. The van der Waals surface area contributed by atoms with Gasteiger partial charge in [0.25, 0.3) is 11.8 Å². The van der Waals surface area contributed by atoms with Crippen LogP contribution in [0.1, 0.15) is 30.7 Å². The maximum absolute atomic E-state index is 13.2. The highest BCUT2D eigenvalue weighted by Crippen LogP contribution is 2.40. The zero-order valence-electron chi connectivity index (χ0n) is 21.2. The van der Waals surface area contributed by atoms with Gasteiger partial charge in [0, 0.05) is 24.8 Å². The number of hydrogen-bond donors (Lipinski definition) is 6. The van der Waals surface area contributed by atoms with Gasteiger partial charge in [0.15, 0.2) is 10.8 Å². The third kappa shape index (κ3) is 6.53. The first-order valence-electron chi connectivity index (χ1n) is 12.0. The smallest absolute Gasteiger partial charge is 0.362 e. The van der Waals surface area contributed by atoms with Crippen molar-refractivity contribution in [1.29, 1.82) is 0 Å². The number of aliphatic carboxylic acids is 1. The number of thiazole rings is 1. The molecule has 18 nitrogen and oxygen atoms in total. The third-order valence-electron chi connectivity index (χ3n) is 6.11. The number of carboxylic acids is 1. The first-order chi connectivity index (χ1) is 18.9. The van der Waals surface area contributed by atoms with Crippen molar-refractivity contribution in [2.45, 2.75) is 50.0 Å². The first-order valence-corrected chi connectivity index (χ1v) is 14.3. The average molecular weight is 601 g/mol. The summed E-state index contributed by atoms with van der Waals surface area (Å²) in [5.41, 5.74) is 4.11. The lowest BCUT2D eigenvalue weighted by Crippen LogP contribution is -2.73. The number of β-lactam (4-membered cyclic amide) rings is 1. The van der Waals surface area contributed by atoms with E-state index in [1.165, 1.54) is 11.6 Å². The first kappa shape index (κ1) is 29.3. The second-order valence-electron chi connectivity index (χ2n) is 9.06. The molecule has 3 heterocycles. The number of nitrogens with two attached hydrogens (primary N) is 1. The summed E-state index contributed by atoms with van der Waals surface area (Å²) in [6.07, 6.45) is 2.70. The molecule has 2 aromatic rings. The summed E-state index contributed by atoms with van der Waals surface area (Å²) in [4.78, 5) is 47.6. The van der Waals surface area contributed by atoms with Crippen LogP contribution < -0.4 is 21.7 Å². The van der Waals surface area contributed by atoms with Crippen LogP contribution in [0.4, 0.5) is 5.13 Å². The maximum atomic E-state index is 13.2. The molecule has 0 aromatic carbocycles. The molecule has 2 aliphatic rings. The largest absolute Gasteiger partial charge is 0.478 e. The van der Waals surface area contributed by atoms with Crippen LogP contribution in [-0.4, -0.2) is 104 Å². The number of nitrogens with one attached hydrogen (secondary N) is 3. The van der Waals surface area contributed by atoms with Gasteiger partial charge in [-0.05, 0) is 26.6 Å². The van der Waals surface area contributed by atoms with Crippen LogP contribution in [0, 0.1) is 0 Å². The molecule has 2 aromatic heterocycles. The summed E-state index contributed by atoms with van der Waals surface area (Å²) in [6, 6.07) is -2.72. The summed E-state index contributed by atoms with van der Waals surface area (Å²) in [5.74, 6) is -3.38. The van der Waals surface area contributed by atoms with Crippen LogP contribution >= 0.6 is 11.3 Å². The van der Waals surface area contributed by atoms with Gasteiger partial charge >= 0.3 is 16.3 Å². The molecule has 4 rings (SSSR count). The number of carbonyl (C=O) groups is 3. The molecule has 7 N–H and O–H groups in total. The molecule has 2 fully saturated rings. The number of nitrogens with zero attached hydrogens (tertiary/aromatic N) is 6. The highest BCUT2D eigenvalue weighted by Gasteiger charge is 2.56. The number of oxime groups is 1. The molecule has 1 aliphatic heterocycles. The van der Waals surface area contributed by atoms with Crippen molar-refractivity contribution < 1.29 is 37.3 Å². The van der Waals surface area contributed by atoms with Gasteiger partial charge in [-0.3, -0.25) is 14.1 Å². The normalized spacial score (nSPS) is 20.2. The Morgan fingerprint density at radius 3 is 2.70 bits per heavy atom. The number of aromatic nitrogens is 4. The maximum Gasteiger partial charge on any atom is 0.362 e. The summed E-state index contributed by atoms with van der Waals surface area (Å²) in [6.45, 7) is 1.67. The van der Waals surface area contributed by atoms with E-state index in [1.807, 2.05) is 7.05 Å². The van der Waals surface area contributed by atoms with Gasteiger partial charge in [-0.1, -0.05) is 5.16 Å². The minimum absolute atomic E-state index is 0.0447. The molecule has 1 saturated heterocycles. The summed E-state index contributed by atoms with van der Waals surface area (Å²) in [5, 5.41) is 31.4. The van der Waals surface area contributed by atoms with Crippen molar-refractivity contribution in [3.05, 3.63) is 23.0 Å². The van der Waals surface area contributed by atoms with Crippen molar-refractivity contribution in [2.75, 3.05) is 25.9 Å². The number of carboxylic acid groups (broad SMARTS) is 1. The Balaban J connectivity index is 1.49. The number of hydrogen-bond acceptors (Lipinski definition) is 14. The van der Waals surface area contributed by atoms with Crippen molar-refractivity contribution in [3.63, 3.8) is 0 Å². The minimum Gasteiger partial charge on any atom is -0.478 e. The standard InChI is InChI=1S/C20H28N10O8S2/c1-22-5-2-6-23-7-11-8-24-29(27-11)9-13-15(17(32)30(13)40(35,36)37)26-16(31)14(12-10-39-19(21)25-12)28-38-20(3-4-20)18(33)34/h8,10,13,15,22-23H,2-7,9H2,1H3,(H2,21,25)(H,26,31)(H,33,34)(H,35,36,37)/t13-,15+/m1/s1. The Bertz CT molecular complexity index is 1400. The third-order valence-corrected chi connectivity index (χ3v) is 7.73. The van der Waals surface area contributed by atoms with Crippen molar-refractivity contribution in [1.82, 2.24) is 40.2 Å². The van der Waals surface area contributed by atoms with Gasteiger partial charge in [-0.2, -0.15) is 23.4 Å². The fourth-order valence-electron chi connectivity index (χ4n) is 3.82. The van der Waals surface area contributed by atoms with Gasteiger partial charge in [0.05, 0.1) is 18.4 Å². The van der Waals surface area contributed by atoms with Crippen molar-refractivity contribution >= 4 is 50.3 Å². The Hall–Kier alpha value is -3.72. The second-order valence-corrected chi connectivity index (χ2v) is 11.2. The van der Waals surface area contributed by atoms with Gasteiger partial charge in [-0.15, -0.1) is 11.3 Å². The summed E-state index contributed by atoms with van der Waals surface area (Å²) < 4.78 is 33.6. The van der Waals surface area contributed by atoms with Crippen molar-refractivity contribution in [2.24, 2.45) is 5.16 Å². The van der Waals surface area contributed by atoms with E-state index in [-0.39, 0.29) is 34.5 Å². The molecule has 2 atom stereocenters. The zero-order chi connectivity index (χ0) is 29.1. The van der Waals surface area contributed by atoms with Crippen LogP contribution in [0.3, 0.4) is 0 Å². The van der Waals surface area contributed by atoms with Gasteiger partial charge in [0.1, 0.15) is 17.8 Å². The molecule has 2 amide bonds. The predicted molar refractivity (Wildman–Crippen MR) is 138 cm³/mol. The van der Waals surface area contributed by atoms with Gasteiger partial charge in [0.2, 0.25) is 5.60 Å².